The van der Waals surface area contributed by atoms with Crippen molar-refractivity contribution in [3.05, 3.63) is 69.2 Å². The van der Waals surface area contributed by atoms with Crippen molar-refractivity contribution in [2.75, 3.05) is 6.54 Å². The quantitative estimate of drug-likeness (QED) is 0.648. The average Bonchev–Trinajstić information content (AvgIpc) is 2.67. The Morgan fingerprint density at radius 2 is 1.79 bits per heavy atom. The standard InChI is InChI=1S/C23H29BrN2O2/c1-5-12-25-23(28)18(4)26(15-19-8-10-21(24)11-9-19)22(27)14-20-13-16(2)6-7-17(20)3/h6-11,13,18H,5,12,14-15H2,1-4H3,(H,25,28)/t18-/m1/s1. The molecule has 1 atom stereocenters. The van der Waals surface area contributed by atoms with Gasteiger partial charge in [-0.3, -0.25) is 9.59 Å². The molecule has 28 heavy (non-hydrogen) atoms. The number of aryl methyl sites for hydroxylation is 2. The zero-order valence-corrected chi connectivity index (χ0v) is 18.7. The first kappa shape index (κ1) is 22.2. The average molecular weight is 445 g/mol. The van der Waals surface area contributed by atoms with E-state index < -0.39 is 6.04 Å². The first-order valence-corrected chi connectivity index (χ1v) is 10.5. The van der Waals surface area contributed by atoms with Crippen molar-refractivity contribution >= 4 is 27.7 Å². The monoisotopic (exact) mass is 444 g/mol. The zero-order valence-electron chi connectivity index (χ0n) is 17.1. The van der Waals surface area contributed by atoms with Crippen LogP contribution in [-0.4, -0.2) is 29.3 Å². The lowest BCUT2D eigenvalue weighted by atomic mass is 10.0. The molecule has 0 spiro atoms. The van der Waals surface area contributed by atoms with Crippen LogP contribution in [0.4, 0.5) is 0 Å². The van der Waals surface area contributed by atoms with E-state index in [1.165, 1.54) is 0 Å². The smallest absolute Gasteiger partial charge is 0.242 e. The van der Waals surface area contributed by atoms with E-state index in [1.807, 2.05) is 63.2 Å². The Morgan fingerprint density at radius 3 is 2.43 bits per heavy atom. The summed E-state index contributed by atoms with van der Waals surface area (Å²) in [6, 6.07) is 13.4. The van der Waals surface area contributed by atoms with Gasteiger partial charge in [-0.25, -0.2) is 0 Å². The molecular formula is C23H29BrN2O2. The van der Waals surface area contributed by atoms with Gasteiger partial charge in [0.2, 0.25) is 11.8 Å². The minimum atomic E-state index is -0.534. The van der Waals surface area contributed by atoms with Gasteiger partial charge in [0.15, 0.2) is 0 Å². The molecule has 0 aliphatic rings. The Bertz CT molecular complexity index is 818. The third kappa shape index (κ3) is 6.20. The minimum absolute atomic E-state index is 0.0456. The maximum Gasteiger partial charge on any atom is 0.242 e. The van der Waals surface area contributed by atoms with Crippen LogP contribution >= 0.6 is 15.9 Å². The van der Waals surface area contributed by atoms with Crippen LogP contribution in [0.1, 0.15) is 42.5 Å². The highest BCUT2D eigenvalue weighted by Gasteiger charge is 2.26. The summed E-state index contributed by atoms with van der Waals surface area (Å²) in [7, 11) is 0. The topological polar surface area (TPSA) is 49.4 Å². The van der Waals surface area contributed by atoms with Gasteiger partial charge in [-0.2, -0.15) is 0 Å². The molecule has 0 saturated carbocycles. The Hall–Kier alpha value is -2.14. The summed E-state index contributed by atoms with van der Waals surface area (Å²) < 4.78 is 0.984. The largest absolute Gasteiger partial charge is 0.354 e. The number of halogens is 1. The van der Waals surface area contributed by atoms with Crippen molar-refractivity contribution in [2.45, 2.75) is 53.1 Å². The predicted molar refractivity (Wildman–Crippen MR) is 117 cm³/mol. The molecule has 5 heteroatoms. The van der Waals surface area contributed by atoms with E-state index in [0.29, 0.717) is 13.1 Å². The number of rotatable bonds is 8. The molecule has 1 N–H and O–H groups in total. The van der Waals surface area contributed by atoms with Crippen LogP contribution in [0.2, 0.25) is 0 Å². The SMILES string of the molecule is CCCNC(=O)[C@@H](C)N(Cc1ccc(Br)cc1)C(=O)Cc1cc(C)ccc1C. The molecule has 0 fully saturated rings. The van der Waals surface area contributed by atoms with Gasteiger partial charge >= 0.3 is 0 Å². The number of amides is 2. The van der Waals surface area contributed by atoms with Crippen LogP contribution in [0.15, 0.2) is 46.9 Å². The van der Waals surface area contributed by atoms with Crippen LogP contribution < -0.4 is 5.32 Å². The van der Waals surface area contributed by atoms with E-state index in [1.54, 1.807) is 11.8 Å². The Balaban J connectivity index is 2.24. The molecule has 0 aromatic heterocycles. The van der Waals surface area contributed by atoms with Gasteiger partial charge < -0.3 is 10.2 Å². The molecule has 0 unspecified atom stereocenters. The van der Waals surface area contributed by atoms with Crippen molar-refractivity contribution < 1.29 is 9.59 Å². The van der Waals surface area contributed by atoms with E-state index >= 15 is 0 Å². The van der Waals surface area contributed by atoms with Gasteiger partial charge in [-0.05, 0) is 56.0 Å². The fourth-order valence-electron chi connectivity index (χ4n) is 3.02. The zero-order chi connectivity index (χ0) is 20.7. The van der Waals surface area contributed by atoms with Crippen molar-refractivity contribution in [3.8, 4) is 0 Å². The van der Waals surface area contributed by atoms with E-state index in [0.717, 1.165) is 33.1 Å². The van der Waals surface area contributed by atoms with Crippen molar-refractivity contribution in [3.63, 3.8) is 0 Å². The fourth-order valence-corrected chi connectivity index (χ4v) is 3.28. The fraction of sp³-hybridized carbons (Fsp3) is 0.391. The summed E-state index contributed by atoms with van der Waals surface area (Å²) in [5.74, 6) is -0.163. The second-order valence-electron chi connectivity index (χ2n) is 7.22. The maximum atomic E-state index is 13.2. The first-order valence-electron chi connectivity index (χ1n) is 9.69. The van der Waals surface area contributed by atoms with Crippen LogP contribution in [0.3, 0.4) is 0 Å². The summed E-state index contributed by atoms with van der Waals surface area (Å²) in [5.41, 5.74) is 4.21. The summed E-state index contributed by atoms with van der Waals surface area (Å²) in [5, 5.41) is 2.91. The Morgan fingerprint density at radius 1 is 1.11 bits per heavy atom. The summed E-state index contributed by atoms with van der Waals surface area (Å²) >= 11 is 3.44. The number of carbonyl (C=O) groups excluding carboxylic acids is 2. The Labute approximate surface area is 176 Å². The second-order valence-corrected chi connectivity index (χ2v) is 8.14. The molecule has 0 radical (unpaired) electrons. The van der Waals surface area contributed by atoms with Gasteiger partial charge in [0, 0.05) is 17.6 Å². The molecule has 0 heterocycles. The van der Waals surface area contributed by atoms with Gasteiger partial charge in [0.25, 0.3) is 0 Å². The van der Waals surface area contributed by atoms with Crippen molar-refractivity contribution in [1.82, 2.24) is 10.2 Å². The third-order valence-corrected chi connectivity index (χ3v) is 5.36. The van der Waals surface area contributed by atoms with Crippen LogP contribution in [0, 0.1) is 13.8 Å². The number of hydrogen-bond acceptors (Lipinski definition) is 2. The van der Waals surface area contributed by atoms with Crippen LogP contribution in [-0.2, 0) is 22.6 Å². The molecule has 0 bridgehead atoms. The molecule has 2 rings (SSSR count). The first-order chi connectivity index (χ1) is 13.3. The summed E-state index contributed by atoms with van der Waals surface area (Å²) in [6.45, 7) is 8.85. The number of nitrogens with one attached hydrogen (secondary N) is 1. The third-order valence-electron chi connectivity index (χ3n) is 4.83. The minimum Gasteiger partial charge on any atom is -0.354 e. The highest BCUT2D eigenvalue weighted by atomic mass is 79.9. The Kier molecular flexibility index (Phi) is 8.24. The molecule has 2 amide bonds. The molecule has 0 aliphatic heterocycles. The highest BCUT2D eigenvalue weighted by molar-refractivity contribution is 9.10. The number of hydrogen-bond donors (Lipinski definition) is 1. The van der Waals surface area contributed by atoms with Gasteiger partial charge in [0.1, 0.15) is 6.04 Å². The molecule has 0 saturated heterocycles. The van der Waals surface area contributed by atoms with Crippen LogP contribution in [0.25, 0.3) is 0 Å². The molecule has 150 valence electrons. The molecule has 2 aromatic carbocycles. The molecule has 2 aromatic rings. The number of carbonyl (C=O) groups is 2. The molecule has 4 nitrogen and oxygen atoms in total. The predicted octanol–water partition coefficient (Wildman–Crippen LogP) is 4.55. The second kappa shape index (κ2) is 10.4. The lowest BCUT2D eigenvalue weighted by molar-refractivity contribution is -0.140. The lowest BCUT2D eigenvalue weighted by Gasteiger charge is -2.29. The molecular weight excluding hydrogens is 416 g/mol. The normalized spacial score (nSPS) is 11.8. The number of benzene rings is 2. The van der Waals surface area contributed by atoms with Crippen molar-refractivity contribution in [2.24, 2.45) is 0 Å². The van der Waals surface area contributed by atoms with Gasteiger partial charge in [0.05, 0.1) is 6.42 Å². The lowest BCUT2D eigenvalue weighted by Crippen LogP contribution is -2.48. The van der Waals surface area contributed by atoms with E-state index in [4.69, 9.17) is 0 Å². The van der Waals surface area contributed by atoms with E-state index in [2.05, 4.69) is 21.2 Å². The van der Waals surface area contributed by atoms with E-state index in [-0.39, 0.29) is 18.2 Å². The van der Waals surface area contributed by atoms with Crippen LogP contribution in [0.5, 0.6) is 0 Å². The summed E-state index contributed by atoms with van der Waals surface area (Å²) in [6.07, 6.45) is 1.15. The van der Waals surface area contributed by atoms with Crippen molar-refractivity contribution in [1.29, 1.82) is 0 Å². The highest BCUT2D eigenvalue weighted by Crippen LogP contribution is 2.17. The molecule has 0 aliphatic carbocycles. The maximum absolute atomic E-state index is 13.2. The van der Waals surface area contributed by atoms with E-state index in [9.17, 15) is 9.59 Å². The van der Waals surface area contributed by atoms with Gasteiger partial charge in [-0.1, -0.05) is 58.7 Å². The van der Waals surface area contributed by atoms with Gasteiger partial charge in [-0.15, -0.1) is 0 Å². The number of nitrogens with zero attached hydrogens (tertiary/aromatic N) is 1. The summed E-state index contributed by atoms with van der Waals surface area (Å²) in [4.78, 5) is 27.4.